The Balaban J connectivity index is 0.00000200. The van der Waals surface area contributed by atoms with Crippen LogP contribution in [0.4, 0.5) is 5.69 Å². The van der Waals surface area contributed by atoms with Gasteiger partial charge in [0, 0.05) is 12.2 Å². The normalized spacial score (nSPS) is 15.9. The van der Waals surface area contributed by atoms with Gasteiger partial charge >= 0.3 is 0 Å². The second-order valence-corrected chi connectivity index (χ2v) is 5.92. The fourth-order valence-corrected chi connectivity index (χ4v) is 2.87. The van der Waals surface area contributed by atoms with Gasteiger partial charge in [-0.2, -0.15) is 0 Å². The summed E-state index contributed by atoms with van der Waals surface area (Å²) in [6, 6.07) is 8.70. The van der Waals surface area contributed by atoms with E-state index in [9.17, 15) is 0 Å². The Morgan fingerprint density at radius 3 is 2.50 bits per heavy atom. The lowest BCUT2D eigenvalue weighted by molar-refractivity contribution is 0.228. The number of likely N-dealkylation sites (tertiary alicyclic amines) is 1. The number of benzene rings is 1. The topological polar surface area (TPSA) is 15.3 Å². The van der Waals surface area contributed by atoms with Gasteiger partial charge in [-0.15, -0.1) is 12.4 Å². The van der Waals surface area contributed by atoms with Crippen LogP contribution in [-0.2, 0) is 0 Å². The molecule has 0 saturated carbocycles. The summed E-state index contributed by atoms with van der Waals surface area (Å²) in [5.74, 6) is 0.589. The van der Waals surface area contributed by atoms with E-state index in [2.05, 4.69) is 48.3 Å². The number of nitrogens with one attached hydrogen (secondary N) is 1. The van der Waals surface area contributed by atoms with Crippen LogP contribution in [0.5, 0.6) is 0 Å². The van der Waals surface area contributed by atoms with E-state index < -0.39 is 0 Å². The summed E-state index contributed by atoms with van der Waals surface area (Å²) >= 11 is 0. The van der Waals surface area contributed by atoms with Crippen LogP contribution < -0.4 is 5.32 Å². The number of anilines is 1. The maximum Gasteiger partial charge on any atom is 0.0375 e. The highest BCUT2D eigenvalue weighted by molar-refractivity contribution is 5.85. The molecule has 0 unspecified atom stereocenters. The molecule has 0 aliphatic carbocycles. The Kier molecular flexibility index (Phi) is 8.01. The first kappa shape index (κ1) is 17.3. The molecule has 0 radical (unpaired) electrons. The van der Waals surface area contributed by atoms with Gasteiger partial charge in [0.05, 0.1) is 0 Å². The zero-order valence-electron chi connectivity index (χ0n) is 12.9. The number of para-hydroxylation sites is 1. The van der Waals surface area contributed by atoms with E-state index in [-0.39, 0.29) is 12.4 Å². The lowest BCUT2D eigenvalue weighted by Gasteiger charge is -2.26. The molecule has 0 atom stereocenters. The fourth-order valence-electron chi connectivity index (χ4n) is 2.87. The Morgan fingerprint density at radius 2 is 1.80 bits per heavy atom. The van der Waals surface area contributed by atoms with Crippen molar-refractivity contribution in [2.24, 2.45) is 0 Å². The number of halogens is 1. The third-order valence-corrected chi connectivity index (χ3v) is 4.00. The Bertz CT molecular complexity index is 373. The van der Waals surface area contributed by atoms with E-state index in [1.54, 1.807) is 0 Å². The number of hydrogen-bond acceptors (Lipinski definition) is 2. The molecule has 1 heterocycles. The van der Waals surface area contributed by atoms with Crippen molar-refractivity contribution in [3.8, 4) is 0 Å². The monoisotopic (exact) mass is 296 g/mol. The van der Waals surface area contributed by atoms with Gasteiger partial charge in [0.2, 0.25) is 0 Å². The van der Waals surface area contributed by atoms with Gasteiger partial charge in [0.15, 0.2) is 0 Å². The highest BCUT2D eigenvalue weighted by Crippen LogP contribution is 2.23. The van der Waals surface area contributed by atoms with Crippen LogP contribution in [0.15, 0.2) is 24.3 Å². The van der Waals surface area contributed by atoms with Crippen LogP contribution in [-0.4, -0.2) is 31.1 Å². The zero-order valence-corrected chi connectivity index (χ0v) is 13.7. The van der Waals surface area contributed by atoms with Crippen molar-refractivity contribution in [2.45, 2.75) is 45.4 Å². The van der Waals surface area contributed by atoms with Gasteiger partial charge in [-0.1, -0.05) is 38.5 Å². The summed E-state index contributed by atoms with van der Waals surface area (Å²) in [7, 11) is 0. The summed E-state index contributed by atoms with van der Waals surface area (Å²) in [6.45, 7) is 9.46. The number of hydrogen-bond donors (Lipinski definition) is 1. The summed E-state index contributed by atoms with van der Waals surface area (Å²) in [5, 5.41) is 3.61. The summed E-state index contributed by atoms with van der Waals surface area (Å²) in [5.41, 5.74) is 2.75. The molecule has 0 spiro atoms. The van der Waals surface area contributed by atoms with Gasteiger partial charge in [0.1, 0.15) is 0 Å². The molecule has 0 bridgehead atoms. The van der Waals surface area contributed by atoms with E-state index in [0.717, 1.165) is 6.54 Å². The van der Waals surface area contributed by atoms with E-state index in [1.807, 2.05) is 0 Å². The lowest BCUT2D eigenvalue weighted by atomic mass is 10.0. The summed E-state index contributed by atoms with van der Waals surface area (Å²) < 4.78 is 0. The van der Waals surface area contributed by atoms with E-state index in [0.29, 0.717) is 5.92 Å². The molecule has 0 amide bonds. The predicted octanol–water partition coefficient (Wildman–Crippen LogP) is 4.52. The number of nitrogens with zero attached hydrogens (tertiary/aromatic N) is 1. The quantitative estimate of drug-likeness (QED) is 0.777. The Morgan fingerprint density at radius 1 is 1.10 bits per heavy atom. The molecule has 1 saturated heterocycles. The van der Waals surface area contributed by atoms with Crippen LogP contribution in [0.1, 0.15) is 51.0 Å². The zero-order chi connectivity index (χ0) is 13.5. The third kappa shape index (κ3) is 5.34. The molecule has 0 aromatic heterocycles. The van der Waals surface area contributed by atoms with Crippen LogP contribution in [0.2, 0.25) is 0 Å². The molecule has 3 heteroatoms. The number of piperidine rings is 1. The van der Waals surface area contributed by atoms with Gasteiger partial charge in [-0.3, -0.25) is 0 Å². The van der Waals surface area contributed by atoms with E-state index in [1.165, 1.54) is 56.6 Å². The van der Waals surface area contributed by atoms with Crippen LogP contribution >= 0.6 is 12.4 Å². The molecule has 1 aliphatic heterocycles. The smallest absolute Gasteiger partial charge is 0.0375 e. The third-order valence-electron chi connectivity index (χ3n) is 4.00. The van der Waals surface area contributed by atoms with Gasteiger partial charge in [0.25, 0.3) is 0 Å². The van der Waals surface area contributed by atoms with Gasteiger partial charge in [-0.25, -0.2) is 0 Å². The number of rotatable bonds is 6. The molecule has 1 aliphatic rings. The molecular weight excluding hydrogens is 268 g/mol. The minimum atomic E-state index is 0. The second kappa shape index (κ2) is 9.25. The average Bonchev–Trinajstić information content (AvgIpc) is 2.45. The van der Waals surface area contributed by atoms with Crippen molar-refractivity contribution in [3.63, 3.8) is 0 Å². The van der Waals surface area contributed by atoms with Crippen molar-refractivity contribution < 1.29 is 0 Å². The molecule has 20 heavy (non-hydrogen) atoms. The van der Waals surface area contributed by atoms with Crippen molar-refractivity contribution in [1.29, 1.82) is 0 Å². The standard InChI is InChI=1S/C17H28N2.ClH/c1-15(2)16-9-4-5-10-17(16)18-11-8-14-19-12-6-3-7-13-19;/h4-5,9-10,15,18H,3,6-8,11-14H2,1-2H3;1H. The first-order valence-corrected chi connectivity index (χ1v) is 7.82. The minimum Gasteiger partial charge on any atom is -0.385 e. The summed E-state index contributed by atoms with van der Waals surface area (Å²) in [4.78, 5) is 2.61. The Labute approximate surface area is 130 Å². The Hall–Kier alpha value is -0.730. The van der Waals surface area contributed by atoms with E-state index in [4.69, 9.17) is 0 Å². The van der Waals surface area contributed by atoms with E-state index >= 15 is 0 Å². The molecular formula is C17H29ClN2. The predicted molar refractivity (Wildman–Crippen MR) is 91.2 cm³/mol. The highest BCUT2D eigenvalue weighted by atomic mass is 35.5. The molecule has 1 aromatic carbocycles. The molecule has 1 N–H and O–H groups in total. The second-order valence-electron chi connectivity index (χ2n) is 5.92. The van der Waals surface area contributed by atoms with Crippen molar-refractivity contribution in [2.75, 3.05) is 31.5 Å². The average molecular weight is 297 g/mol. The maximum absolute atomic E-state index is 3.61. The maximum atomic E-state index is 3.61. The first-order chi connectivity index (χ1) is 9.27. The highest BCUT2D eigenvalue weighted by Gasteiger charge is 2.09. The SMILES string of the molecule is CC(C)c1ccccc1NCCCN1CCCCC1.Cl. The fraction of sp³-hybridized carbons (Fsp3) is 0.647. The molecule has 1 aromatic rings. The molecule has 2 nitrogen and oxygen atoms in total. The molecule has 114 valence electrons. The van der Waals surface area contributed by atoms with Crippen molar-refractivity contribution in [3.05, 3.63) is 29.8 Å². The minimum absolute atomic E-state index is 0. The molecule has 1 fully saturated rings. The largest absolute Gasteiger partial charge is 0.385 e. The van der Waals surface area contributed by atoms with Gasteiger partial charge in [-0.05, 0) is 56.4 Å². The summed E-state index contributed by atoms with van der Waals surface area (Å²) in [6.07, 6.45) is 5.45. The van der Waals surface area contributed by atoms with Crippen molar-refractivity contribution >= 4 is 18.1 Å². The molecule has 2 rings (SSSR count). The van der Waals surface area contributed by atoms with Crippen molar-refractivity contribution in [1.82, 2.24) is 4.90 Å². The van der Waals surface area contributed by atoms with Crippen LogP contribution in [0.3, 0.4) is 0 Å². The van der Waals surface area contributed by atoms with Crippen LogP contribution in [0.25, 0.3) is 0 Å². The van der Waals surface area contributed by atoms with Gasteiger partial charge < -0.3 is 10.2 Å². The van der Waals surface area contributed by atoms with Crippen LogP contribution in [0, 0.1) is 0 Å². The lowest BCUT2D eigenvalue weighted by Crippen LogP contribution is -2.31. The first-order valence-electron chi connectivity index (χ1n) is 7.82.